The van der Waals surface area contributed by atoms with E-state index in [-0.39, 0.29) is 11.8 Å². The maximum atomic E-state index is 11.8. The molecular formula is C17H20N4O2. The number of anilines is 1. The summed E-state index contributed by atoms with van der Waals surface area (Å²) in [4.78, 5) is 27.7. The largest absolute Gasteiger partial charge is 0.368 e. The highest BCUT2D eigenvalue weighted by atomic mass is 16.2. The van der Waals surface area contributed by atoms with Gasteiger partial charge in [-0.25, -0.2) is 4.98 Å². The predicted octanol–water partition coefficient (Wildman–Crippen LogP) is 1.21. The van der Waals surface area contributed by atoms with E-state index in [1.807, 2.05) is 30.3 Å². The number of carbonyl (C=O) groups is 2. The number of carbonyl (C=O) groups excluding carboxylic acids is 2. The quantitative estimate of drug-likeness (QED) is 0.671. The molecule has 0 spiro atoms. The normalized spacial score (nSPS) is 9.96. The third kappa shape index (κ3) is 5.10. The van der Waals surface area contributed by atoms with Crippen LogP contribution in [0.2, 0.25) is 0 Å². The van der Waals surface area contributed by atoms with Crippen molar-refractivity contribution >= 4 is 17.6 Å². The zero-order chi connectivity index (χ0) is 16.5. The second-order valence-electron chi connectivity index (χ2n) is 4.92. The average molecular weight is 312 g/mol. The summed E-state index contributed by atoms with van der Waals surface area (Å²) < 4.78 is 0. The molecule has 120 valence electrons. The van der Waals surface area contributed by atoms with E-state index < -0.39 is 0 Å². The molecule has 0 aliphatic carbocycles. The van der Waals surface area contributed by atoms with E-state index in [9.17, 15) is 9.59 Å². The fourth-order valence-electron chi connectivity index (χ4n) is 2.09. The van der Waals surface area contributed by atoms with E-state index in [4.69, 9.17) is 0 Å². The van der Waals surface area contributed by atoms with Crippen LogP contribution >= 0.6 is 0 Å². The Bertz CT molecular complexity index is 659. The van der Waals surface area contributed by atoms with E-state index in [2.05, 4.69) is 20.9 Å². The minimum atomic E-state index is -0.200. The number of rotatable bonds is 7. The predicted molar refractivity (Wildman–Crippen MR) is 89.3 cm³/mol. The van der Waals surface area contributed by atoms with Crippen molar-refractivity contribution in [2.75, 3.05) is 25.5 Å². The fourth-order valence-corrected chi connectivity index (χ4v) is 2.09. The summed E-state index contributed by atoms with van der Waals surface area (Å²) in [6, 6.07) is 13.0. The number of pyridine rings is 1. The van der Waals surface area contributed by atoms with Crippen molar-refractivity contribution in [3.63, 3.8) is 0 Å². The average Bonchev–Trinajstić information content (AvgIpc) is 2.59. The first kappa shape index (κ1) is 16.5. The lowest BCUT2D eigenvalue weighted by Crippen LogP contribution is -2.30. The van der Waals surface area contributed by atoms with Gasteiger partial charge in [0.1, 0.15) is 5.82 Å². The van der Waals surface area contributed by atoms with E-state index in [0.29, 0.717) is 30.9 Å². The van der Waals surface area contributed by atoms with Crippen molar-refractivity contribution < 1.29 is 9.59 Å². The van der Waals surface area contributed by atoms with E-state index >= 15 is 0 Å². The van der Waals surface area contributed by atoms with Gasteiger partial charge in [-0.2, -0.15) is 0 Å². The van der Waals surface area contributed by atoms with E-state index in [1.54, 1.807) is 25.4 Å². The number of aromatic nitrogens is 1. The standard InChI is InChI=1S/C17H20N4O2/c1-18-17(23)14-8-5-9-20-16(14)21-11-10-19-15(22)12-13-6-3-2-4-7-13/h2-9H,10-12H2,1H3,(H,18,23)(H,19,22)(H,20,21). The molecule has 0 unspecified atom stereocenters. The number of hydrogen-bond donors (Lipinski definition) is 3. The highest BCUT2D eigenvalue weighted by Crippen LogP contribution is 2.10. The van der Waals surface area contributed by atoms with Crippen LogP contribution < -0.4 is 16.0 Å². The zero-order valence-electron chi connectivity index (χ0n) is 13.0. The van der Waals surface area contributed by atoms with Crippen molar-refractivity contribution in [3.8, 4) is 0 Å². The van der Waals surface area contributed by atoms with Gasteiger partial charge in [0.05, 0.1) is 12.0 Å². The molecular weight excluding hydrogens is 292 g/mol. The highest BCUT2D eigenvalue weighted by molar-refractivity contribution is 5.98. The second-order valence-corrected chi connectivity index (χ2v) is 4.92. The van der Waals surface area contributed by atoms with Crippen LogP contribution in [0.4, 0.5) is 5.82 Å². The number of hydrogen-bond acceptors (Lipinski definition) is 4. The number of amides is 2. The Morgan fingerprint density at radius 3 is 2.57 bits per heavy atom. The molecule has 6 nitrogen and oxygen atoms in total. The first-order valence-corrected chi connectivity index (χ1v) is 7.42. The molecule has 0 atom stereocenters. The van der Waals surface area contributed by atoms with E-state index in [1.165, 1.54) is 0 Å². The van der Waals surface area contributed by atoms with Crippen LogP contribution in [-0.4, -0.2) is 36.9 Å². The Hall–Kier alpha value is -2.89. The van der Waals surface area contributed by atoms with Crippen LogP contribution in [0.25, 0.3) is 0 Å². The molecule has 1 aromatic carbocycles. The first-order valence-electron chi connectivity index (χ1n) is 7.42. The summed E-state index contributed by atoms with van der Waals surface area (Å²) in [6.07, 6.45) is 1.97. The van der Waals surface area contributed by atoms with Crippen molar-refractivity contribution in [2.45, 2.75) is 6.42 Å². The van der Waals surface area contributed by atoms with Crippen molar-refractivity contribution in [1.82, 2.24) is 15.6 Å². The Morgan fingerprint density at radius 1 is 1.04 bits per heavy atom. The number of nitrogens with zero attached hydrogens (tertiary/aromatic N) is 1. The van der Waals surface area contributed by atoms with Gasteiger partial charge in [-0.1, -0.05) is 30.3 Å². The minimum Gasteiger partial charge on any atom is -0.368 e. The number of nitrogens with one attached hydrogen (secondary N) is 3. The lowest BCUT2D eigenvalue weighted by Gasteiger charge is -2.10. The zero-order valence-corrected chi connectivity index (χ0v) is 13.0. The first-order chi connectivity index (χ1) is 11.2. The van der Waals surface area contributed by atoms with Gasteiger partial charge in [-0.05, 0) is 17.7 Å². The summed E-state index contributed by atoms with van der Waals surface area (Å²) in [5.74, 6) is 0.267. The van der Waals surface area contributed by atoms with Gasteiger partial charge in [0, 0.05) is 26.3 Å². The van der Waals surface area contributed by atoms with Gasteiger partial charge in [-0.3, -0.25) is 9.59 Å². The SMILES string of the molecule is CNC(=O)c1cccnc1NCCNC(=O)Cc1ccccc1. The molecule has 3 N–H and O–H groups in total. The van der Waals surface area contributed by atoms with Crippen molar-refractivity contribution in [3.05, 3.63) is 59.8 Å². The number of benzene rings is 1. The Morgan fingerprint density at radius 2 is 1.83 bits per heavy atom. The van der Waals surface area contributed by atoms with Gasteiger partial charge in [-0.15, -0.1) is 0 Å². The summed E-state index contributed by atoms with van der Waals surface area (Å²) in [5.41, 5.74) is 1.45. The molecule has 23 heavy (non-hydrogen) atoms. The third-order valence-electron chi connectivity index (χ3n) is 3.23. The van der Waals surface area contributed by atoms with Crippen LogP contribution in [0.5, 0.6) is 0 Å². The van der Waals surface area contributed by atoms with Crippen LogP contribution in [-0.2, 0) is 11.2 Å². The van der Waals surface area contributed by atoms with Crippen molar-refractivity contribution in [1.29, 1.82) is 0 Å². The molecule has 2 amide bonds. The topological polar surface area (TPSA) is 83.1 Å². The monoisotopic (exact) mass is 312 g/mol. The maximum Gasteiger partial charge on any atom is 0.254 e. The van der Waals surface area contributed by atoms with Gasteiger partial charge in [0.25, 0.3) is 5.91 Å². The van der Waals surface area contributed by atoms with Crippen LogP contribution in [0.1, 0.15) is 15.9 Å². The third-order valence-corrected chi connectivity index (χ3v) is 3.23. The summed E-state index contributed by atoms with van der Waals surface area (Å²) in [6.45, 7) is 0.941. The summed E-state index contributed by atoms with van der Waals surface area (Å²) in [5, 5.41) is 8.46. The molecule has 0 fully saturated rings. The van der Waals surface area contributed by atoms with Crippen LogP contribution in [0.3, 0.4) is 0 Å². The Balaban J connectivity index is 1.77. The smallest absolute Gasteiger partial charge is 0.254 e. The van der Waals surface area contributed by atoms with Gasteiger partial charge < -0.3 is 16.0 Å². The Labute approximate surface area is 135 Å². The van der Waals surface area contributed by atoms with Crippen molar-refractivity contribution in [2.24, 2.45) is 0 Å². The molecule has 0 radical (unpaired) electrons. The molecule has 0 saturated carbocycles. The van der Waals surface area contributed by atoms with Gasteiger partial charge in [0.2, 0.25) is 5.91 Å². The molecule has 1 heterocycles. The van der Waals surface area contributed by atoms with E-state index in [0.717, 1.165) is 5.56 Å². The van der Waals surface area contributed by atoms with Gasteiger partial charge >= 0.3 is 0 Å². The fraction of sp³-hybridized carbons (Fsp3) is 0.235. The molecule has 0 saturated heterocycles. The molecule has 1 aromatic heterocycles. The molecule has 6 heteroatoms. The maximum absolute atomic E-state index is 11.8. The highest BCUT2D eigenvalue weighted by Gasteiger charge is 2.10. The lowest BCUT2D eigenvalue weighted by atomic mass is 10.1. The molecule has 2 aromatic rings. The van der Waals surface area contributed by atoms with Crippen LogP contribution in [0.15, 0.2) is 48.7 Å². The molecule has 2 rings (SSSR count). The summed E-state index contributed by atoms with van der Waals surface area (Å²) in [7, 11) is 1.57. The second kappa shape index (κ2) is 8.53. The van der Waals surface area contributed by atoms with Gasteiger partial charge in [0.15, 0.2) is 0 Å². The summed E-state index contributed by atoms with van der Waals surface area (Å²) >= 11 is 0. The molecule has 0 bridgehead atoms. The molecule has 0 aliphatic rings. The molecule has 0 aliphatic heterocycles. The minimum absolute atomic E-state index is 0.0365. The Kier molecular flexibility index (Phi) is 6.11. The van der Waals surface area contributed by atoms with Crippen LogP contribution in [0, 0.1) is 0 Å². The lowest BCUT2D eigenvalue weighted by molar-refractivity contribution is -0.120.